The molecule has 0 spiro atoms. The van der Waals surface area contributed by atoms with Crippen LogP contribution in [0.1, 0.15) is 31.9 Å². The minimum Gasteiger partial charge on any atom is -0.308 e. The molecule has 3 nitrogen and oxygen atoms in total. The van der Waals surface area contributed by atoms with Crippen molar-refractivity contribution < 1.29 is 4.39 Å². The van der Waals surface area contributed by atoms with Crippen molar-refractivity contribution >= 4 is 11.6 Å². The molecule has 0 radical (unpaired) electrons. The molecule has 0 aliphatic heterocycles. The van der Waals surface area contributed by atoms with Crippen LogP contribution in [-0.2, 0) is 13.1 Å². The van der Waals surface area contributed by atoms with E-state index in [0.717, 1.165) is 12.1 Å². The van der Waals surface area contributed by atoms with Crippen molar-refractivity contribution in [3.05, 3.63) is 52.6 Å². The van der Waals surface area contributed by atoms with Crippen molar-refractivity contribution in [1.82, 2.24) is 15.1 Å². The molecule has 1 aromatic carbocycles. The Hall–Kier alpha value is -1.39. The molecule has 20 heavy (non-hydrogen) atoms. The molecule has 0 aliphatic carbocycles. The van der Waals surface area contributed by atoms with Gasteiger partial charge in [0.1, 0.15) is 5.82 Å². The molecule has 0 saturated carbocycles. The smallest absolute Gasteiger partial charge is 0.146 e. The zero-order valence-electron chi connectivity index (χ0n) is 12.0. The first-order chi connectivity index (χ1) is 9.35. The molecule has 5 heteroatoms. The summed E-state index contributed by atoms with van der Waals surface area (Å²) in [4.78, 5) is 0. The molecule has 2 aromatic rings. The topological polar surface area (TPSA) is 29.9 Å². The lowest BCUT2D eigenvalue weighted by Crippen LogP contribution is -2.34. The Kier molecular flexibility index (Phi) is 4.45. The lowest BCUT2D eigenvalue weighted by atomic mass is 10.1. The maximum atomic E-state index is 13.8. The second-order valence-corrected chi connectivity index (χ2v) is 6.27. The molecule has 0 amide bonds. The Morgan fingerprint density at radius 1 is 1.35 bits per heavy atom. The summed E-state index contributed by atoms with van der Waals surface area (Å²) in [5.74, 6) is -0.376. The molecule has 0 saturated heterocycles. The normalized spacial score (nSPS) is 11.8. The van der Waals surface area contributed by atoms with Crippen LogP contribution in [0, 0.1) is 5.82 Å². The maximum absolute atomic E-state index is 13.8. The highest BCUT2D eigenvalue weighted by Crippen LogP contribution is 2.18. The van der Waals surface area contributed by atoms with Crippen LogP contribution < -0.4 is 5.32 Å². The van der Waals surface area contributed by atoms with Crippen molar-refractivity contribution in [1.29, 1.82) is 0 Å². The van der Waals surface area contributed by atoms with Gasteiger partial charge in [-0.15, -0.1) is 0 Å². The third kappa shape index (κ3) is 4.05. The molecule has 2 rings (SSSR count). The van der Waals surface area contributed by atoms with Crippen molar-refractivity contribution in [2.75, 3.05) is 0 Å². The minimum atomic E-state index is -0.376. The first-order valence-corrected chi connectivity index (χ1v) is 6.92. The third-order valence-corrected chi connectivity index (χ3v) is 3.17. The molecule has 1 heterocycles. The number of hydrogen-bond donors (Lipinski definition) is 1. The van der Waals surface area contributed by atoms with Gasteiger partial charge in [0.15, 0.2) is 0 Å². The highest BCUT2D eigenvalue weighted by Gasteiger charge is 2.10. The maximum Gasteiger partial charge on any atom is 0.146 e. The molecule has 0 fully saturated rings. The van der Waals surface area contributed by atoms with E-state index in [0.29, 0.717) is 12.1 Å². The van der Waals surface area contributed by atoms with Crippen molar-refractivity contribution in [3.63, 3.8) is 0 Å². The van der Waals surface area contributed by atoms with Gasteiger partial charge in [-0.3, -0.25) is 4.68 Å². The summed E-state index contributed by atoms with van der Waals surface area (Å²) in [5.41, 5.74) is 1.67. The first kappa shape index (κ1) is 15.0. The highest BCUT2D eigenvalue weighted by atomic mass is 35.5. The predicted octanol–water partition coefficient (Wildman–Crippen LogP) is 3.61. The number of hydrogen-bond acceptors (Lipinski definition) is 2. The van der Waals surface area contributed by atoms with Crippen LogP contribution in [0.2, 0.25) is 5.02 Å². The van der Waals surface area contributed by atoms with Crippen LogP contribution in [0.5, 0.6) is 0 Å². The molecule has 108 valence electrons. The van der Waals surface area contributed by atoms with Gasteiger partial charge in [0, 0.05) is 29.4 Å². The fourth-order valence-corrected chi connectivity index (χ4v) is 1.99. The van der Waals surface area contributed by atoms with E-state index in [1.165, 1.54) is 0 Å². The zero-order chi connectivity index (χ0) is 14.8. The summed E-state index contributed by atoms with van der Waals surface area (Å²) in [5, 5.41) is 7.78. The Balaban J connectivity index is 2.04. The lowest BCUT2D eigenvalue weighted by Gasteiger charge is -2.19. The summed E-state index contributed by atoms with van der Waals surface area (Å²) in [6, 6.07) is 5.00. The van der Waals surface area contributed by atoms with Crippen LogP contribution >= 0.6 is 11.6 Å². The van der Waals surface area contributed by atoms with Gasteiger partial charge in [-0.05, 0) is 26.8 Å². The lowest BCUT2D eigenvalue weighted by molar-refractivity contribution is 0.424. The summed E-state index contributed by atoms with van der Waals surface area (Å²) < 4.78 is 15.5. The number of aromatic nitrogens is 2. The average molecular weight is 296 g/mol. The number of halogens is 2. The molecule has 0 bridgehead atoms. The van der Waals surface area contributed by atoms with Crippen LogP contribution in [0.4, 0.5) is 4.39 Å². The second-order valence-electron chi connectivity index (χ2n) is 5.86. The predicted molar refractivity (Wildman–Crippen MR) is 79.3 cm³/mol. The van der Waals surface area contributed by atoms with Gasteiger partial charge in [-0.25, -0.2) is 4.39 Å². The van der Waals surface area contributed by atoms with E-state index in [1.807, 2.05) is 6.20 Å². The van der Waals surface area contributed by atoms with Gasteiger partial charge in [0.25, 0.3) is 0 Å². The molecule has 1 N–H and O–H groups in total. The van der Waals surface area contributed by atoms with Gasteiger partial charge in [-0.1, -0.05) is 23.7 Å². The van der Waals surface area contributed by atoms with Gasteiger partial charge < -0.3 is 5.32 Å². The number of nitrogens with zero attached hydrogens (tertiary/aromatic N) is 2. The Labute approximate surface area is 123 Å². The summed E-state index contributed by atoms with van der Waals surface area (Å²) in [7, 11) is 0. The quantitative estimate of drug-likeness (QED) is 0.934. The number of nitrogens with one attached hydrogen (secondary N) is 1. The van der Waals surface area contributed by atoms with Crippen LogP contribution in [0.15, 0.2) is 30.6 Å². The Morgan fingerprint density at radius 2 is 2.10 bits per heavy atom. The van der Waals surface area contributed by atoms with Crippen molar-refractivity contribution in [2.45, 2.75) is 39.4 Å². The molecule has 1 aromatic heterocycles. The zero-order valence-corrected chi connectivity index (χ0v) is 12.7. The van der Waals surface area contributed by atoms with Crippen LogP contribution in [0.25, 0.3) is 0 Å². The van der Waals surface area contributed by atoms with E-state index in [1.54, 1.807) is 29.1 Å². The number of benzene rings is 1. The summed E-state index contributed by atoms with van der Waals surface area (Å²) in [6.45, 7) is 7.44. The Morgan fingerprint density at radius 3 is 2.80 bits per heavy atom. The van der Waals surface area contributed by atoms with Gasteiger partial charge in [0.05, 0.1) is 17.8 Å². The first-order valence-electron chi connectivity index (χ1n) is 6.54. The Bertz CT molecular complexity index is 587. The van der Waals surface area contributed by atoms with Gasteiger partial charge in [0.2, 0.25) is 0 Å². The van der Waals surface area contributed by atoms with Gasteiger partial charge in [-0.2, -0.15) is 5.10 Å². The largest absolute Gasteiger partial charge is 0.308 e. The van der Waals surface area contributed by atoms with E-state index in [2.05, 4.69) is 31.2 Å². The fourth-order valence-electron chi connectivity index (χ4n) is 1.80. The highest BCUT2D eigenvalue weighted by molar-refractivity contribution is 6.30. The molecule has 0 unspecified atom stereocenters. The molecular formula is C15H19ClFN3. The summed E-state index contributed by atoms with van der Waals surface area (Å²) >= 11 is 5.77. The molecule has 0 atom stereocenters. The van der Waals surface area contributed by atoms with Gasteiger partial charge >= 0.3 is 0 Å². The molecule has 0 aliphatic rings. The van der Waals surface area contributed by atoms with Crippen LogP contribution in [0.3, 0.4) is 0 Å². The van der Waals surface area contributed by atoms with Crippen molar-refractivity contribution in [3.8, 4) is 0 Å². The minimum absolute atomic E-state index is 0.0567. The third-order valence-electron chi connectivity index (χ3n) is 2.87. The monoisotopic (exact) mass is 295 g/mol. The SMILES string of the molecule is CC(C)(C)NCc1cnn(Cc2cccc(Cl)c2F)c1. The number of rotatable bonds is 4. The van der Waals surface area contributed by atoms with Crippen LogP contribution in [-0.4, -0.2) is 15.3 Å². The van der Waals surface area contributed by atoms with E-state index in [-0.39, 0.29) is 16.4 Å². The van der Waals surface area contributed by atoms with E-state index >= 15 is 0 Å². The standard InChI is InChI=1S/C15H19ClFN3/c1-15(2,3)18-7-11-8-19-20(9-11)10-12-5-4-6-13(16)14(12)17/h4-6,8-9,18H,7,10H2,1-3H3. The van der Waals surface area contributed by atoms with E-state index < -0.39 is 0 Å². The van der Waals surface area contributed by atoms with E-state index in [4.69, 9.17) is 11.6 Å². The van der Waals surface area contributed by atoms with Crippen molar-refractivity contribution in [2.24, 2.45) is 0 Å². The summed E-state index contributed by atoms with van der Waals surface area (Å²) in [6.07, 6.45) is 3.71. The average Bonchev–Trinajstić information content (AvgIpc) is 2.80. The molecular weight excluding hydrogens is 277 g/mol. The second kappa shape index (κ2) is 5.94. The van der Waals surface area contributed by atoms with E-state index in [9.17, 15) is 4.39 Å². The fraction of sp³-hybridized carbons (Fsp3) is 0.400.